The van der Waals surface area contributed by atoms with Crippen molar-refractivity contribution in [1.29, 1.82) is 0 Å². The standard InChI is InChI=1S/C25H21FN4O7/c1-36-19-9-13(11-27-29-24(32)21-14-6-7-15(10-14)22(21)25(29)33)8-18(30(34)35)23(19)37-12-20(31)28-17-5-3-2-4-16(17)26/h2-9,11,14-15,21-22H,10,12H2,1H3,(H,28,31)/t14-,15-,21-,22+/m0/s1. The number of rotatable bonds is 8. The van der Waals surface area contributed by atoms with E-state index in [9.17, 15) is 28.9 Å². The van der Waals surface area contributed by atoms with Gasteiger partial charge >= 0.3 is 5.69 Å². The van der Waals surface area contributed by atoms with Crippen molar-refractivity contribution >= 4 is 35.3 Å². The van der Waals surface area contributed by atoms with Gasteiger partial charge in [-0.2, -0.15) is 10.1 Å². The molecule has 11 nitrogen and oxygen atoms in total. The number of methoxy groups -OCH3 is 1. The predicted molar refractivity (Wildman–Crippen MR) is 127 cm³/mol. The number of halogens is 1. The number of hydrazone groups is 1. The number of imide groups is 1. The van der Waals surface area contributed by atoms with E-state index < -0.39 is 40.8 Å². The number of allylic oxidation sites excluding steroid dienone is 2. The molecule has 1 saturated carbocycles. The lowest BCUT2D eigenvalue weighted by molar-refractivity contribution is -0.385. The lowest BCUT2D eigenvalue weighted by atomic mass is 9.85. The van der Waals surface area contributed by atoms with E-state index in [1.807, 2.05) is 12.2 Å². The van der Waals surface area contributed by atoms with E-state index in [-0.39, 0.29) is 46.4 Å². The molecule has 2 aromatic carbocycles. The Morgan fingerprint density at radius 1 is 1.22 bits per heavy atom. The number of nitrogens with one attached hydrogen (secondary N) is 1. The molecule has 0 spiro atoms. The largest absolute Gasteiger partial charge is 0.493 e. The zero-order valence-corrected chi connectivity index (χ0v) is 19.5. The second-order valence-corrected chi connectivity index (χ2v) is 8.88. The zero-order valence-electron chi connectivity index (χ0n) is 19.5. The van der Waals surface area contributed by atoms with Crippen LogP contribution in [0.25, 0.3) is 0 Å². The number of para-hydroxylation sites is 1. The average Bonchev–Trinajstić information content (AvgIpc) is 3.56. The van der Waals surface area contributed by atoms with E-state index in [1.165, 1.54) is 37.4 Å². The highest BCUT2D eigenvalue weighted by Crippen LogP contribution is 2.52. The molecule has 5 rings (SSSR count). The van der Waals surface area contributed by atoms with Gasteiger partial charge in [-0.15, -0.1) is 0 Å². The molecule has 3 amide bonds. The van der Waals surface area contributed by atoms with Crippen LogP contribution < -0.4 is 14.8 Å². The molecular formula is C25H21FN4O7. The van der Waals surface area contributed by atoms with E-state index in [2.05, 4.69) is 10.4 Å². The van der Waals surface area contributed by atoms with Crippen molar-refractivity contribution in [2.45, 2.75) is 6.42 Å². The molecule has 0 unspecified atom stereocenters. The van der Waals surface area contributed by atoms with E-state index in [1.54, 1.807) is 0 Å². The van der Waals surface area contributed by atoms with Crippen molar-refractivity contribution in [3.05, 3.63) is 70.0 Å². The molecule has 1 saturated heterocycles. The Morgan fingerprint density at radius 3 is 2.51 bits per heavy atom. The summed E-state index contributed by atoms with van der Waals surface area (Å²) >= 11 is 0. The minimum absolute atomic E-state index is 0.0276. The highest BCUT2D eigenvalue weighted by Gasteiger charge is 2.59. The van der Waals surface area contributed by atoms with Crippen LogP contribution in [0.15, 0.2) is 53.7 Å². The number of benzene rings is 2. The number of fused-ring (bicyclic) bond motifs is 5. The Labute approximate surface area is 209 Å². The molecule has 4 atom stereocenters. The zero-order chi connectivity index (χ0) is 26.3. The highest BCUT2D eigenvalue weighted by atomic mass is 19.1. The third-order valence-corrected chi connectivity index (χ3v) is 6.74. The van der Waals surface area contributed by atoms with Gasteiger partial charge in [0.05, 0.1) is 35.8 Å². The van der Waals surface area contributed by atoms with Crippen molar-refractivity contribution in [2.24, 2.45) is 28.8 Å². The van der Waals surface area contributed by atoms with Crippen molar-refractivity contribution < 1.29 is 33.2 Å². The fourth-order valence-corrected chi connectivity index (χ4v) is 5.13. The van der Waals surface area contributed by atoms with Gasteiger partial charge in [-0.1, -0.05) is 24.3 Å². The van der Waals surface area contributed by atoms with E-state index in [0.29, 0.717) is 0 Å². The first-order valence-corrected chi connectivity index (χ1v) is 11.4. The number of ether oxygens (including phenoxy) is 2. The van der Waals surface area contributed by atoms with Crippen LogP contribution in [0.2, 0.25) is 0 Å². The number of anilines is 1. The van der Waals surface area contributed by atoms with E-state index in [4.69, 9.17) is 9.47 Å². The van der Waals surface area contributed by atoms with Gasteiger partial charge in [-0.3, -0.25) is 24.5 Å². The Bertz CT molecular complexity index is 1340. The van der Waals surface area contributed by atoms with Gasteiger partial charge in [0.25, 0.3) is 17.7 Å². The SMILES string of the molecule is COc1cc(C=NN2C(=O)[C@@H]3[C@H](C2=O)[C@H]2C=C[C@H]3C2)cc([N+](=O)[O-])c1OCC(=O)Nc1ccccc1F. The summed E-state index contributed by atoms with van der Waals surface area (Å²) in [6, 6.07) is 7.99. The minimum Gasteiger partial charge on any atom is -0.493 e. The molecule has 0 aromatic heterocycles. The monoisotopic (exact) mass is 508 g/mol. The lowest BCUT2D eigenvalue weighted by Crippen LogP contribution is -2.28. The molecule has 1 aliphatic heterocycles. The van der Waals surface area contributed by atoms with Crippen LogP contribution in [0.4, 0.5) is 15.8 Å². The van der Waals surface area contributed by atoms with E-state index in [0.717, 1.165) is 23.7 Å². The maximum absolute atomic E-state index is 13.8. The number of nitrogens with zero attached hydrogens (tertiary/aromatic N) is 3. The van der Waals surface area contributed by atoms with Gasteiger partial charge in [0.1, 0.15) is 5.82 Å². The average molecular weight is 508 g/mol. The van der Waals surface area contributed by atoms with Crippen LogP contribution in [0.1, 0.15) is 12.0 Å². The Morgan fingerprint density at radius 2 is 1.89 bits per heavy atom. The van der Waals surface area contributed by atoms with Crippen LogP contribution >= 0.6 is 0 Å². The van der Waals surface area contributed by atoms with Crippen molar-refractivity contribution in [3.63, 3.8) is 0 Å². The third kappa shape index (κ3) is 4.30. The number of carbonyl (C=O) groups is 3. The number of nitro groups is 1. The first kappa shape index (κ1) is 24.1. The number of hydrogen-bond acceptors (Lipinski definition) is 8. The summed E-state index contributed by atoms with van der Waals surface area (Å²) in [7, 11) is 1.25. The minimum atomic E-state index is -0.743. The van der Waals surface area contributed by atoms with Crippen molar-refractivity contribution in [3.8, 4) is 11.5 Å². The molecule has 37 heavy (non-hydrogen) atoms. The van der Waals surface area contributed by atoms with Gasteiger partial charge < -0.3 is 14.8 Å². The fraction of sp³-hybridized carbons (Fsp3) is 0.280. The van der Waals surface area contributed by atoms with Gasteiger partial charge in [0.15, 0.2) is 12.4 Å². The molecule has 2 aliphatic carbocycles. The molecule has 2 bridgehead atoms. The van der Waals surface area contributed by atoms with Crippen LogP contribution in [0, 0.1) is 39.6 Å². The number of amides is 3. The number of hydrogen-bond donors (Lipinski definition) is 1. The van der Waals surface area contributed by atoms with Crippen LogP contribution in [-0.2, 0) is 14.4 Å². The smallest absolute Gasteiger partial charge is 0.315 e. The second kappa shape index (κ2) is 9.45. The quantitative estimate of drug-likeness (QED) is 0.190. The lowest BCUT2D eigenvalue weighted by Gasteiger charge is -2.13. The van der Waals surface area contributed by atoms with Gasteiger partial charge in [-0.05, 0) is 36.5 Å². The molecule has 3 aliphatic rings. The maximum atomic E-state index is 13.8. The van der Waals surface area contributed by atoms with E-state index >= 15 is 0 Å². The van der Waals surface area contributed by atoms with Crippen LogP contribution in [-0.4, -0.2) is 47.6 Å². The molecule has 190 valence electrons. The molecule has 12 heteroatoms. The summed E-state index contributed by atoms with van der Waals surface area (Å²) in [5.74, 6) is -3.34. The second-order valence-electron chi connectivity index (χ2n) is 8.88. The summed E-state index contributed by atoms with van der Waals surface area (Å²) in [6.45, 7) is -0.658. The summed E-state index contributed by atoms with van der Waals surface area (Å²) in [5, 5.41) is 18.9. The first-order chi connectivity index (χ1) is 17.8. The van der Waals surface area contributed by atoms with Gasteiger partial charge in [-0.25, -0.2) is 4.39 Å². The molecule has 1 N–H and O–H groups in total. The van der Waals surface area contributed by atoms with Gasteiger partial charge in [0.2, 0.25) is 5.75 Å². The molecule has 2 fully saturated rings. The first-order valence-electron chi connectivity index (χ1n) is 11.4. The molecule has 1 heterocycles. The fourth-order valence-electron chi connectivity index (χ4n) is 5.13. The maximum Gasteiger partial charge on any atom is 0.315 e. The Hall–Kier alpha value is -4.61. The number of nitro benzene ring substituents is 1. The summed E-state index contributed by atoms with van der Waals surface area (Å²) in [4.78, 5) is 48.8. The van der Waals surface area contributed by atoms with Crippen LogP contribution in [0.3, 0.4) is 0 Å². The summed E-state index contributed by atoms with van der Waals surface area (Å²) < 4.78 is 24.4. The number of carbonyl (C=O) groups excluding carboxylic acids is 3. The summed E-state index contributed by atoms with van der Waals surface area (Å²) in [6.07, 6.45) is 5.88. The third-order valence-electron chi connectivity index (χ3n) is 6.74. The van der Waals surface area contributed by atoms with Crippen molar-refractivity contribution in [1.82, 2.24) is 5.01 Å². The normalized spacial score (nSPS) is 23.6. The Balaban J connectivity index is 1.33. The summed E-state index contributed by atoms with van der Waals surface area (Å²) in [5.41, 5.74) is -0.425. The molecular weight excluding hydrogens is 487 g/mol. The van der Waals surface area contributed by atoms with Crippen molar-refractivity contribution in [2.75, 3.05) is 19.0 Å². The highest BCUT2D eigenvalue weighted by molar-refractivity contribution is 6.06. The Kier molecular flexibility index (Phi) is 6.15. The van der Waals surface area contributed by atoms with Crippen LogP contribution in [0.5, 0.6) is 11.5 Å². The molecule has 0 radical (unpaired) electrons. The predicted octanol–water partition coefficient (Wildman–Crippen LogP) is 2.90. The molecule has 2 aromatic rings. The van der Waals surface area contributed by atoms with Gasteiger partial charge in [0, 0.05) is 11.6 Å². The topological polar surface area (TPSA) is 140 Å².